The van der Waals surface area contributed by atoms with Crippen LogP contribution in [0.15, 0.2) is 54.6 Å². The summed E-state index contributed by atoms with van der Waals surface area (Å²) in [5, 5.41) is 5.61. The van der Waals surface area contributed by atoms with Crippen LogP contribution in [-0.2, 0) is 10.5 Å². The molecule has 3 aromatic carbocycles. The van der Waals surface area contributed by atoms with Crippen molar-refractivity contribution >= 4 is 51.5 Å². The molecule has 0 atom stereocenters. The van der Waals surface area contributed by atoms with Gasteiger partial charge in [-0.15, -0.1) is 11.8 Å². The third-order valence-electron chi connectivity index (χ3n) is 4.61. The van der Waals surface area contributed by atoms with E-state index in [1.165, 1.54) is 49.4 Å². The highest BCUT2D eigenvalue weighted by molar-refractivity contribution is 7.99. The van der Waals surface area contributed by atoms with Crippen molar-refractivity contribution in [3.63, 3.8) is 0 Å². The smallest absolute Gasteiger partial charge is 0.248 e. The first-order valence-corrected chi connectivity index (χ1v) is 11.3. The molecule has 0 fully saturated rings. The molecule has 168 valence electrons. The molecule has 7 nitrogen and oxygen atoms in total. The molecule has 0 saturated carbocycles. The summed E-state index contributed by atoms with van der Waals surface area (Å²) in [6.45, 7) is 0. The van der Waals surface area contributed by atoms with Crippen LogP contribution < -0.4 is 30.4 Å². The van der Waals surface area contributed by atoms with Gasteiger partial charge in [-0.1, -0.05) is 42.5 Å². The quantitative estimate of drug-likeness (QED) is 0.335. The molecule has 9 heteroatoms. The highest BCUT2D eigenvalue weighted by Crippen LogP contribution is 2.39. The van der Waals surface area contributed by atoms with Crippen LogP contribution in [0.3, 0.4) is 0 Å². The van der Waals surface area contributed by atoms with Gasteiger partial charge in [-0.3, -0.25) is 15.6 Å². The van der Waals surface area contributed by atoms with Crippen molar-refractivity contribution in [1.82, 2.24) is 10.9 Å². The minimum absolute atomic E-state index is 0.177. The zero-order chi connectivity index (χ0) is 22.9. The van der Waals surface area contributed by atoms with E-state index in [-0.39, 0.29) is 11.0 Å². The maximum Gasteiger partial charge on any atom is 0.248 e. The average Bonchev–Trinajstić information content (AvgIpc) is 2.82. The number of fused-ring (bicyclic) bond motifs is 1. The van der Waals surface area contributed by atoms with E-state index >= 15 is 0 Å². The lowest BCUT2D eigenvalue weighted by molar-refractivity contribution is -0.119. The minimum atomic E-state index is -0.177. The Labute approximate surface area is 196 Å². The number of rotatable bonds is 8. The first kappa shape index (κ1) is 23.5. The van der Waals surface area contributed by atoms with E-state index in [1.807, 2.05) is 18.2 Å². The van der Waals surface area contributed by atoms with E-state index in [4.69, 9.17) is 26.4 Å². The summed E-state index contributed by atoms with van der Waals surface area (Å²) in [6.07, 6.45) is 0. The van der Waals surface area contributed by atoms with E-state index in [0.717, 1.165) is 5.75 Å². The van der Waals surface area contributed by atoms with Crippen LogP contribution in [0, 0.1) is 0 Å². The second-order valence-electron chi connectivity index (χ2n) is 6.67. The number of nitrogens with one attached hydrogen (secondary N) is 3. The van der Waals surface area contributed by atoms with Crippen LogP contribution in [0.1, 0.15) is 5.56 Å². The number of ether oxygens (including phenoxy) is 3. The Morgan fingerprint density at radius 3 is 2.31 bits per heavy atom. The van der Waals surface area contributed by atoms with Crippen LogP contribution in [-0.4, -0.2) is 38.1 Å². The van der Waals surface area contributed by atoms with Crippen LogP contribution in [0.25, 0.3) is 10.8 Å². The molecule has 0 aromatic heterocycles. The molecule has 3 N–H and O–H groups in total. The first-order chi connectivity index (χ1) is 15.5. The summed E-state index contributed by atoms with van der Waals surface area (Å²) in [7, 11) is 4.61. The number of hydrazine groups is 1. The summed E-state index contributed by atoms with van der Waals surface area (Å²) in [6, 6.07) is 17.9. The number of anilines is 1. The largest absolute Gasteiger partial charge is 0.493 e. The number of amides is 1. The maximum atomic E-state index is 12.2. The minimum Gasteiger partial charge on any atom is -0.493 e. The number of hydrogen-bond acceptors (Lipinski definition) is 6. The fraction of sp³-hybridized carbons (Fsp3) is 0.217. The predicted octanol–water partition coefficient (Wildman–Crippen LogP) is 4.12. The molecule has 0 radical (unpaired) electrons. The summed E-state index contributed by atoms with van der Waals surface area (Å²) >= 11 is 6.80. The van der Waals surface area contributed by atoms with Gasteiger partial charge in [0.2, 0.25) is 11.7 Å². The zero-order valence-electron chi connectivity index (χ0n) is 18.1. The number of carbonyl (C=O) groups excluding carboxylic acids is 1. The lowest BCUT2D eigenvalue weighted by Gasteiger charge is -2.16. The van der Waals surface area contributed by atoms with E-state index in [2.05, 4.69) is 40.4 Å². The monoisotopic (exact) mass is 471 g/mol. The predicted molar refractivity (Wildman–Crippen MR) is 134 cm³/mol. The lowest BCUT2D eigenvalue weighted by Crippen LogP contribution is -2.44. The van der Waals surface area contributed by atoms with Gasteiger partial charge >= 0.3 is 0 Å². The molecule has 0 heterocycles. The number of methoxy groups -OCH3 is 3. The Balaban J connectivity index is 1.48. The molecule has 32 heavy (non-hydrogen) atoms. The average molecular weight is 472 g/mol. The van der Waals surface area contributed by atoms with Crippen LogP contribution >= 0.6 is 24.0 Å². The fourth-order valence-corrected chi connectivity index (χ4v) is 4.15. The second-order valence-corrected chi connectivity index (χ2v) is 8.07. The van der Waals surface area contributed by atoms with E-state index in [9.17, 15) is 4.79 Å². The van der Waals surface area contributed by atoms with Gasteiger partial charge in [0.25, 0.3) is 0 Å². The van der Waals surface area contributed by atoms with Gasteiger partial charge in [-0.25, -0.2) is 0 Å². The van der Waals surface area contributed by atoms with E-state index in [0.29, 0.717) is 28.7 Å². The summed E-state index contributed by atoms with van der Waals surface area (Å²) in [4.78, 5) is 12.2. The highest BCUT2D eigenvalue weighted by Gasteiger charge is 2.14. The maximum absolute atomic E-state index is 12.2. The summed E-state index contributed by atoms with van der Waals surface area (Å²) < 4.78 is 16.0. The van der Waals surface area contributed by atoms with Gasteiger partial charge in [-0.2, -0.15) is 0 Å². The van der Waals surface area contributed by atoms with Crippen molar-refractivity contribution in [2.45, 2.75) is 5.75 Å². The van der Waals surface area contributed by atoms with Crippen LogP contribution in [0.5, 0.6) is 17.2 Å². The first-order valence-electron chi connectivity index (χ1n) is 9.76. The summed E-state index contributed by atoms with van der Waals surface area (Å²) in [5.74, 6) is 2.32. The molecule has 0 aliphatic rings. The molecule has 0 spiro atoms. The molecular weight excluding hydrogens is 446 g/mol. The summed E-state index contributed by atoms with van der Waals surface area (Å²) in [5.41, 5.74) is 7.14. The van der Waals surface area contributed by atoms with Gasteiger partial charge in [0.15, 0.2) is 16.6 Å². The number of benzene rings is 3. The van der Waals surface area contributed by atoms with Crippen molar-refractivity contribution in [1.29, 1.82) is 0 Å². The van der Waals surface area contributed by atoms with Crippen LogP contribution in [0.2, 0.25) is 0 Å². The normalized spacial score (nSPS) is 10.3. The van der Waals surface area contributed by atoms with Gasteiger partial charge in [0.05, 0.1) is 27.1 Å². The van der Waals surface area contributed by atoms with E-state index < -0.39 is 0 Å². The van der Waals surface area contributed by atoms with Crippen molar-refractivity contribution in [2.24, 2.45) is 0 Å². The Kier molecular flexibility index (Phi) is 8.41. The molecule has 0 bridgehead atoms. The topological polar surface area (TPSA) is 80.9 Å². The van der Waals surface area contributed by atoms with Gasteiger partial charge in [0, 0.05) is 23.6 Å². The fourth-order valence-electron chi connectivity index (χ4n) is 3.15. The Bertz CT molecular complexity index is 1080. The third kappa shape index (κ3) is 5.95. The van der Waals surface area contributed by atoms with Crippen LogP contribution in [0.4, 0.5) is 5.69 Å². The Morgan fingerprint density at radius 2 is 1.62 bits per heavy atom. The Morgan fingerprint density at radius 1 is 0.938 bits per heavy atom. The lowest BCUT2D eigenvalue weighted by atomic mass is 10.1. The molecule has 3 rings (SSSR count). The van der Waals surface area contributed by atoms with Gasteiger partial charge in [0.1, 0.15) is 0 Å². The van der Waals surface area contributed by atoms with Crippen molar-refractivity contribution in [3.05, 3.63) is 60.2 Å². The van der Waals surface area contributed by atoms with Crippen molar-refractivity contribution in [3.8, 4) is 17.2 Å². The number of thioether (sulfide) groups is 1. The molecule has 0 aliphatic heterocycles. The molecule has 0 saturated heterocycles. The van der Waals surface area contributed by atoms with Gasteiger partial charge in [-0.05, 0) is 28.6 Å². The van der Waals surface area contributed by atoms with E-state index in [1.54, 1.807) is 12.1 Å². The number of hydrogen-bond donors (Lipinski definition) is 3. The number of carbonyl (C=O) groups is 1. The molecule has 1 amide bonds. The second kappa shape index (κ2) is 11.4. The van der Waals surface area contributed by atoms with Gasteiger partial charge < -0.3 is 19.5 Å². The Hall–Kier alpha value is -3.17. The highest BCUT2D eigenvalue weighted by atomic mass is 32.2. The molecule has 0 unspecified atom stereocenters. The molecule has 3 aromatic rings. The van der Waals surface area contributed by atoms with Crippen molar-refractivity contribution < 1.29 is 19.0 Å². The van der Waals surface area contributed by atoms with Crippen molar-refractivity contribution in [2.75, 3.05) is 32.4 Å². The standard InChI is InChI=1S/C23H25N3O4S2/c1-28-19-11-17(12-20(29-2)22(19)30-3)24-23(31)26-25-21(27)14-32-13-16-9-6-8-15-7-4-5-10-18(15)16/h4-12H,13-14H2,1-3H3,(H,25,27)(H2,24,26,31). The molecular formula is C23H25N3O4S2. The zero-order valence-corrected chi connectivity index (χ0v) is 19.7. The number of thiocarbonyl (C=S) groups is 1. The SMILES string of the molecule is COc1cc(NC(=S)NNC(=O)CSCc2cccc3ccccc23)cc(OC)c1OC. The third-order valence-corrected chi connectivity index (χ3v) is 5.79. The molecule has 0 aliphatic carbocycles.